The van der Waals surface area contributed by atoms with Crippen molar-refractivity contribution < 1.29 is 23.8 Å². The normalized spacial score (nSPS) is 13.3. The number of nitrogens with one attached hydrogen (secondary N) is 1. The highest BCUT2D eigenvalue weighted by Gasteiger charge is 2.34. The van der Waals surface area contributed by atoms with E-state index in [4.69, 9.17) is 25.8 Å². The fourth-order valence-corrected chi connectivity index (χ4v) is 4.34. The molecular weight excluding hydrogens is 456 g/mol. The van der Waals surface area contributed by atoms with Crippen LogP contribution in [0, 0.1) is 0 Å². The number of methoxy groups -OCH3 is 3. The van der Waals surface area contributed by atoms with E-state index in [-0.39, 0.29) is 18.2 Å². The molecule has 7 nitrogen and oxygen atoms in total. The van der Waals surface area contributed by atoms with Crippen LogP contribution in [0.3, 0.4) is 0 Å². The number of nitrogens with zero attached hydrogens (tertiary/aromatic N) is 1. The van der Waals surface area contributed by atoms with Crippen molar-refractivity contribution in [2.75, 3.05) is 26.6 Å². The number of amides is 2. The Bertz CT molecular complexity index is 1210. The van der Waals surface area contributed by atoms with Gasteiger partial charge in [-0.05, 0) is 35.4 Å². The lowest BCUT2D eigenvalue weighted by Gasteiger charge is -2.28. The molecule has 1 heterocycles. The predicted octanol–water partition coefficient (Wildman–Crippen LogP) is 5.09. The third-order valence-electron chi connectivity index (χ3n) is 5.85. The topological polar surface area (TPSA) is 77.1 Å². The van der Waals surface area contributed by atoms with Crippen molar-refractivity contribution in [3.8, 4) is 17.2 Å². The van der Waals surface area contributed by atoms with Crippen LogP contribution >= 0.6 is 11.6 Å². The minimum Gasteiger partial charge on any atom is -0.497 e. The molecule has 34 heavy (non-hydrogen) atoms. The molecule has 0 aliphatic carbocycles. The molecule has 2 amide bonds. The van der Waals surface area contributed by atoms with Crippen molar-refractivity contribution in [2.45, 2.75) is 19.0 Å². The Morgan fingerprint density at radius 3 is 2.35 bits per heavy atom. The zero-order chi connectivity index (χ0) is 24.2. The lowest BCUT2D eigenvalue weighted by Crippen LogP contribution is -2.32. The van der Waals surface area contributed by atoms with E-state index >= 15 is 0 Å². The Morgan fingerprint density at radius 1 is 1.00 bits per heavy atom. The highest BCUT2D eigenvalue weighted by molar-refractivity contribution is 6.32. The number of benzene rings is 3. The molecule has 1 aliphatic rings. The van der Waals surface area contributed by atoms with Crippen molar-refractivity contribution >= 4 is 29.1 Å². The fourth-order valence-electron chi connectivity index (χ4n) is 4.10. The van der Waals surface area contributed by atoms with Crippen LogP contribution in [-0.4, -0.2) is 38.0 Å². The van der Waals surface area contributed by atoms with Crippen LogP contribution in [0.25, 0.3) is 0 Å². The summed E-state index contributed by atoms with van der Waals surface area (Å²) in [6.45, 7) is 0.427. The van der Waals surface area contributed by atoms with Crippen molar-refractivity contribution in [2.24, 2.45) is 0 Å². The van der Waals surface area contributed by atoms with Gasteiger partial charge in [-0.1, -0.05) is 41.9 Å². The second-order valence-corrected chi connectivity index (χ2v) is 8.23. The minimum absolute atomic E-state index is 0.0405. The molecular formula is C26H25ClN2O5. The van der Waals surface area contributed by atoms with Crippen LogP contribution in [0.4, 0.5) is 5.69 Å². The number of carbonyl (C=O) groups is 2. The number of ether oxygens (including phenoxy) is 3. The number of carbonyl (C=O) groups excluding carboxylic acids is 2. The van der Waals surface area contributed by atoms with Crippen LogP contribution in [-0.2, 0) is 11.3 Å². The molecule has 0 spiro atoms. The van der Waals surface area contributed by atoms with Crippen molar-refractivity contribution in [1.29, 1.82) is 0 Å². The van der Waals surface area contributed by atoms with Crippen LogP contribution < -0.4 is 19.5 Å². The summed E-state index contributed by atoms with van der Waals surface area (Å²) in [6.07, 6.45) is 0.0405. The summed E-state index contributed by atoms with van der Waals surface area (Å²) in [4.78, 5) is 28.1. The molecule has 0 aromatic heterocycles. The van der Waals surface area contributed by atoms with E-state index in [1.165, 1.54) is 14.2 Å². The molecule has 0 saturated heterocycles. The molecule has 8 heteroatoms. The average molecular weight is 481 g/mol. The van der Waals surface area contributed by atoms with Gasteiger partial charge >= 0.3 is 0 Å². The molecule has 0 radical (unpaired) electrons. The monoisotopic (exact) mass is 480 g/mol. The number of anilines is 1. The van der Waals surface area contributed by atoms with Crippen molar-refractivity contribution in [3.05, 3.63) is 82.4 Å². The van der Waals surface area contributed by atoms with E-state index in [1.54, 1.807) is 24.1 Å². The van der Waals surface area contributed by atoms with Gasteiger partial charge in [0.15, 0.2) is 0 Å². The maximum Gasteiger partial charge on any atom is 0.255 e. The van der Waals surface area contributed by atoms with Crippen molar-refractivity contribution in [1.82, 2.24) is 4.90 Å². The number of rotatable bonds is 8. The van der Waals surface area contributed by atoms with E-state index in [0.29, 0.717) is 40.1 Å². The first-order chi connectivity index (χ1) is 16.4. The Balaban J connectivity index is 1.62. The van der Waals surface area contributed by atoms with Crippen LogP contribution in [0.15, 0.2) is 60.7 Å². The molecule has 0 bridgehead atoms. The lowest BCUT2D eigenvalue weighted by molar-refractivity contribution is -0.117. The van der Waals surface area contributed by atoms with Gasteiger partial charge in [0.1, 0.15) is 17.2 Å². The summed E-state index contributed by atoms with van der Waals surface area (Å²) in [6, 6.07) is 17.6. The Morgan fingerprint density at radius 2 is 1.71 bits per heavy atom. The maximum atomic E-state index is 13.2. The molecule has 4 rings (SSSR count). The van der Waals surface area contributed by atoms with Gasteiger partial charge in [0.25, 0.3) is 5.91 Å². The molecule has 1 N–H and O–H groups in total. The first-order valence-electron chi connectivity index (χ1n) is 10.7. The smallest absolute Gasteiger partial charge is 0.255 e. The molecule has 176 valence electrons. The van der Waals surface area contributed by atoms with Gasteiger partial charge in [-0.15, -0.1) is 0 Å². The van der Waals surface area contributed by atoms with E-state index in [2.05, 4.69) is 5.32 Å². The molecule has 3 aromatic carbocycles. The number of hydrogen-bond acceptors (Lipinski definition) is 5. The summed E-state index contributed by atoms with van der Waals surface area (Å²) in [5, 5.41) is 3.21. The first-order valence-corrected chi connectivity index (χ1v) is 11.1. The van der Waals surface area contributed by atoms with Crippen LogP contribution in [0.1, 0.15) is 33.9 Å². The van der Waals surface area contributed by atoms with E-state index < -0.39 is 6.04 Å². The lowest BCUT2D eigenvalue weighted by atomic mass is 10.0. The Kier molecular flexibility index (Phi) is 6.93. The third kappa shape index (κ3) is 4.65. The van der Waals surface area contributed by atoms with E-state index in [1.807, 2.05) is 48.5 Å². The summed E-state index contributed by atoms with van der Waals surface area (Å²) in [7, 11) is 4.59. The van der Waals surface area contributed by atoms with Gasteiger partial charge in [0.05, 0.1) is 44.5 Å². The fraction of sp³-hybridized carbons (Fsp3) is 0.231. The maximum absolute atomic E-state index is 13.2. The molecule has 0 saturated carbocycles. The third-order valence-corrected chi connectivity index (χ3v) is 6.15. The Labute approximate surface area is 203 Å². The molecule has 1 atom stereocenters. The van der Waals surface area contributed by atoms with Gasteiger partial charge in [-0.25, -0.2) is 0 Å². The zero-order valence-electron chi connectivity index (χ0n) is 19.1. The van der Waals surface area contributed by atoms with Gasteiger partial charge in [0, 0.05) is 18.2 Å². The quantitative estimate of drug-likeness (QED) is 0.486. The highest BCUT2D eigenvalue weighted by atomic mass is 35.5. The number of halogens is 1. The van der Waals surface area contributed by atoms with Gasteiger partial charge in [0.2, 0.25) is 5.91 Å². The second kappa shape index (κ2) is 10.1. The number of hydrogen-bond donors (Lipinski definition) is 1. The molecule has 3 aromatic rings. The van der Waals surface area contributed by atoms with Crippen molar-refractivity contribution in [3.63, 3.8) is 0 Å². The molecule has 0 unspecified atom stereocenters. The first kappa shape index (κ1) is 23.4. The summed E-state index contributed by atoms with van der Waals surface area (Å²) < 4.78 is 15.9. The largest absolute Gasteiger partial charge is 0.497 e. The van der Waals surface area contributed by atoms with Crippen LogP contribution in [0.2, 0.25) is 5.02 Å². The average Bonchev–Trinajstić information content (AvgIpc) is 3.19. The highest BCUT2D eigenvalue weighted by Crippen LogP contribution is 2.37. The van der Waals surface area contributed by atoms with Gasteiger partial charge < -0.3 is 24.4 Å². The molecule has 1 aliphatic heterocycles. The second-order valence-electron chi connectivity index (χ2n) is 7.82. The summed E-state index contributed by atoms with van der Waals surface area (Å²) >= 11 is 6.25. The predicted molar refractivity (Wildman–Crippen MR) is 130 cm³/mol. The Hall–Kier alpha value is -3.71. The van der Waals surface area contributed by atoms with Gasteiger partial charge in [-0.2, -0.15) is 0 Å². The van der Waals surface area contributed by atoms with E-state index in [9.17, 15) is 9.59 Å². The van der Waals surface area contributed by atoms with Crippen LogP contribution in [0.5, 0.6) is 17.2 Å². The standard InChI is InChI=1S/C26H25ClN2O5/c1-32-18-10-8-16(9-11-18)22(29-15-17-6-4-5-7-19(17)26(29)31)13-25(30)28-21-12-20(27)23(33-2)14-24(21)34-3/h4-12,14,22H,13,15H2,1-3H3,(H,28,30)/t22-/m1/s1. The summed E-state index contributed by atoms with van der Waals surface area (Å²) in [5.74, 6) is 1.16. The van der Waals surface area contributed by atoms with E-state index in [0.717, 1.165) is 11.1 Å². The molecule has 0 fully saturated rings. The van der Waals surface area contributed by atoms with Gasteiger partial charge in [-0.3, -0.25) is 9.59 Å². The zero-order valence-corrected chi connectivity index (χ0v) is 19.9. The minimum atomic E-state index is -0.481. The number of fused-ring (bicyclic) bond motifs is 1. The summed E-state index contributed by atoms with van der Waals surface area (Å²) in [5.41, 5.74) is 2.85. The SMILES string of the molecule is COc1ccc([C@@H](CC(=O)Nc2cc(Cl)c(OC)cc2OC)N2Cc3ccccc3C2=O)cc1.